The van der Waals surface area contributed by atoms with Crippen molar-refractivity contribution in [1.29, 1.82) is 0 Å². The van der Waals surface area contributed by atoms with Crippen LogP contribution in [0.4, 0.5) is 5.69 Å². The molecule has 2 heteroatoms. The quantitative estimate of drug-likeness (QED) is 0.849. The van der Waals surface area contributed by atoms with Gasteiger partial charge >= 0.3 is 0 Å². The second-order valence-corrected chi connectivity index (χ2v) is 7.87. The first-order chi connectivity index (χ1) is 10.0. The predicted octanol–water partition coefficient (Wildman–Crippen LogP) is 4.86. The summed E-state index contributed by atoms with van der Waals surface area (Å²) >= 11 is 0. The number of pyridine rings is 1. The number of hydrogen-bond donors (Lipinski definition) is 1. The highest BCUT2D eigenvalue weighted by molar-refractivity contribution is 5.91. The largest absolute Gasteiger partial charge is 0.381 e. The van der Waals surface area contributed by atoms with Crippen LogP contribution in [0.25, 0.3) is 10.9 Å². The molecule has 4 rings (SSSR count). The van der Waals surface area contributed by atoms with E-state index in [0.29, 0.717) is 16.9 Å². The number of hydrogen-bond acceptors (Lipinski definition) is 2. The van der Waals surface area contributed by atoms with Crippen LogP contribution in [-0.2, 0) is 0 Å². The Labute approximate surface area is 127 Å². The van der Waals surface area contributed by atoms with Gasteiger partial charge < -0.3 is 5.32 Å². The Bertz CT molecular complexity index is 681. The fourth-order valence-electron chi connectivity index (χ4n) is 5.04. The molecular weight excluding hydrogens is 256 g/mol. The summed E-state index contributed by atoms with van der Waals surface area (Å²) in [5, 5.41) is 5.14. The van der Waals surface area contributed by atoms with Crippen molar-refractivity contribution in [2.45, 2.75) is 46.1 Å². The molecule has 3 atom stereocenters. The lowest BCUT2D eigenvalue weighted by atomic mass is 9.68. The second kappa shape index (κ2) is 4.22. The SMILES string of the molecule is CC12CCC(C1)C(C)(C)C2Nc1ccnc2ccccc12. The van der Waals surface area contributed by atoms with Crippen LogP contribution in [0.2, 0.25) is 0 Å². The molecule has 1 heterocycles. The zero-order chi connectivity index (χ0) is 14.7. The first-order valence-corrected chi connectivity index (χ1v) is 8.11. The third kappa shape index (κ3) is 1.81. The summed E-state index contributed by atoms with van der Waals surface area (Å²) in [6, 6.07) is 11.1. The van der Waals surface area contributed by atoms with Crippen LogP contribution in [0.5, 0.6) is 0 Å². The minimum atomic E-state index is 0.372. The van der Waals surface area contributed by atoms with Crippen molar-refractivity contribution in [3.8, 4) is 0 Å². The number of benzene rings is 1. The predicted molar refractivity (Wildman–Crippen MR) is 88.4 cm³/mol. The van der Waals surface area contributed by atoms with Crippen LogP contribution in [0.3, 0.4) is 0 Å². The summed E-state index contributed by atoms with van der Waals surface area (Å²) in [7, 11) is 0. The Balaban J connectivity index is 1.75. The fourth-order valence-corrected chi connectivity index (χ4v) is 5.04. The molecule has 2 aliphatic carbocycles. The Morgan fingerprint density at radius 2 is 1.95 bits per heavy atom. The van der Waals surface area contributed by atoms with Crippen molar-refractivity contribution >= 4 is 16.6 Å². The van der Waals surface area contributed by atoms with Gasteiger partial charge in [0.05, 0.1) is 5.52 Å². The van der Waals surface area contributed by atoms with Gasteiger partial charge in [0.2, 0.25) is 0 Å². The molecule has 2 saturated carbocycles. The van der Waals surface area contributed by atoms with E-state index in [2.05, 4.69) is 61.4 Å². The zero-order valence-corrected chi connectivity index (χ0v) is 13.2. The van der Waals surface area contributed by atoms with E-state index in [1.807, 2.05) is 6.20 Å². The highest BCUT2D eigenvalue weighted by atomic mass is 15.0. The molecule has 1 aromatic heterocycles. The van der Waals surface area contributed by atoms with Gasteiger partial charge in [-0.25, -0.2) is 0 Å². The fraction of sp³-hybridized carbons (Fsp3) is 0.526. The lowest BCUT2D eigenvalue weighted by molar-refractivity contribution is 0.155. The van der Waals surface area contributed by atoms with Crippen LogP contribution in [-0.4, -0.2) is 11.0 Å². The number of aromatic nitrogens is 1. The van der Waals surface area contributed by atoms with Gasteiger partial charge in [-0.15, -0.1) is 0 Å². The molecule has 1 N–H and O–H groups in total. The Morgan fingerprint density at radius 3 is 2.71 bits per heavy atom. The third-order valence-corrected chi connectivity index (χ3v) is 6.22. The van der Waals surface area contributed by atoms with Gasteiger partial charge in [0.15, 0.2) is 0 Å². The van der Waals surface area contributed by atoms with E-state index in [9.17, 15) is 0 Å². The molecule has 0 radical (unpaired) electrons. The summed E-state index contributed by atoms with van der Waals surface area (Å²) in [5.41, 5.74) is 3.14. The Kier molecular flexibility index (Phi) is 2.64. The van der Waals surface area contributed by atoms with Crippen molar-refractivity contribution in [3.05, 3.63) is 36.5 Å². The molecule has 0 saturated heterocycles. The van der Waals surface area contributed by atoms with Crippen molar-refractivity contribution in [1.82, 2.24) is 4.98 Å². The molecule has 110 valence electrons. The first kappa shape index (κ1) is 13.1. The molecule has 3 unspecified atom stereocenters. The van der Waals surface area contributed by atoms with Gasteiger partial charge in [0, 0.05) is 23.3 Å². The van der Waals surface area contributed by atoms with E-state index in [4.69, 9.17) is 0 Å². The van der Waals surface area contributed by atoms with E-state index in [1.165, 1.54) is 30.3 Å². The smallest absolute Gasteiger partial charge is 0.0722 e. The molecule has 2 bridgehead atoms. The van der Waals surface area contributed by atoms with Crippen LogP contribution in [0.1, 0.15) is 40.0 Å². The second-order valence-electron chi connectivity index (χ2n) is 7.87. The van der Waals surface area contributed by atoms with Crippen LogP contribution >= 0.6 is 0 Å². The number of nitrogens with zero attached hydrogens (tertiary/aromatic N) is 1. The van der Waals surface area contributed by atoms with E-state index >= 15 is 0 Å². The monoisotopic (exact) mass is 280 g/mol. The molecule has 0 amide bonds. The summed E-state index contributed by atoms with van der Waals surface area (Å²) < 4.78 is 0. The maximum atomic E-state index is 4.48. The normalized spacial score (nSPS) is 33.5. The molecule has 2 fully saturated rings. The highest BCUT2D eigenvalue weighted by Crippen LogP contribution is 2.63. The van der Waals surface area contributed by atoms with Crippen molar-refractivity contribution < 1.29 is 0 Å². The zero-order valence-electron chi connectivity index (χ0n) is 13.2. The van der Waals surface area contributed by atoms with Gasteiger partial charge in [0.25, 0.3) is 0 Å². The van der Waals surface area contributed by atoms with Crippen LogP contribution < -0.4 is 5.32 Å². The Hall–Kier alpha value is -1.57. The van der Waals surface area contributed by atoms with Gasteiger partial charge in [-0.05, 0) is 48.1 Å². The summed E-state index contributed by atoms with van der Waals surface area (Å²) in [5.74, 6) is 0.869. The lowest BCUT2D eigenvalue weighted by Gasteiger charge is -2.43. The topological polar surface area (TPSA) is 24.9 Å². The maximum absolute atomic E-state index is 4.48. The molecule has 0 spiro atoms. The summed E-state index contributed by atoms with van der Waals surface area (Å²) in [6.07, 6.45) is 6.06. The van der Waals surface area contributed by atoms with E-state index in [0.717, 1.165) is 11.4 Å². The highest BCUT2D eigenvalue weighted by Gasteiger charge is 2.59. The minimum absolute atomic E-state index is 0.372. The number of rotatable bonds is 2. The number of nitrogens with one attached hydrogen (secondary N) is 1. The van der Waals surface area contributed by atoms with Crippen LogP contribution in [0.15, 0.2) is 36.5 Å². The number of para-hydroxylation sites is 1. The van der Waals surface area contributed by atoms with Gasteiger partial charge in [-0.1, -0.05) is 39.0 Å². The average Bonchev–Trinajstić information content (AvgIpc) is 2.95. The molecular formula is C19H24N2. The number of fused-ring (bicyclic) bond motifs is 3. The average molecular weight is 280 g/mol. The standard InChI is InChI=1S/C19H24N2/c1-18(2)13-8-10-19(3,12-13)17(18)21-16-9-11-20-15-7-5-4-6-14(15)16/h4-7,9,11,13,17H,8,10,12H2,1-3H3,(H,20,21). The molecule has 2 aliphatic rings. The van der Waals surface area contributed by atoms with Crippen molar-refractivity contribution in [2.24, 2.45) is 16.7 Å². The van der Waals surface area contributed by atoms with Gasteiger partial charge in [-0.3, -0.25) is 4.98 Å². The van der Waals surface area contributed by atoms with E-state index < -0.39 is 0 Å². The van der Waals surface area contributed by atoms with E-state index in [-0.39, 0.29) is 0 Å². The summed E-state index contributed by atoms with van der Waals surface area (Å²) in [4.78, 5) is 4.48. The first-order valence-electron chi connectivity index (χ1n) is 8.11. The molecule has 2 aromatic rings. The van der Waals surface area contributed by atoms with Crippen LogP contribution in [0, 0.1) is 16.7 Å². The third-order valence-electron chi connectivity index (χ3n) is 6.22. The molecule has 0 aliphatic heterocycles. The Morgan fingerprint density at radius 1 is 1.14 bits per heavy atom. The number of anilines is 1. The maximum Gasteiger partial charge on any atom is 0.0722 e. The van der Waals surface area contributed by atoms with Crippen molar-refractivity contribution in [2.75, 3.05) is 5.32 Å². The lowest BCUT2D eigenvalue weighted by Crippen LogP contribution is -2.45. The van der Waals surface area contributed by atoms with Gasteiger partial charge in [-0.2, -0.15) is 0 Å². The van der Waals surface area contributed by atoms with Crippen molar-refractivity contribution in [3.63, 3.8) is 0 Å². The summed E-state index contributed by atoms with van der Waals surface area (Å²) in [6.45, 7) is 7.37. The molecule has 2 nitrogen and oxygen atoms in total. The molecule has 21 heavy (non-hydrogen) atoms. The molecule has 1 aromatic carbocycles. The van der Waals surface area contributed by atoms with Gasteiger partial charge in [0.1, 0.15) is 0 Å². The minimum Gasteiger partial charge on any atom is -0.381 e. The van der Waals surface area contributed by atoms with E-state index in [1.54, 1.807) is 0 Å².